The van der Waals surface area contributed by atoms with Gasteiger partial charge in [-0.1, -0.05) is 29.8 Å². The standard InChI is InChI=1S/C11H16N2O/c1-9-4-3-5-10(8-9)6-7-13-11(14)12-2/h3-5,8H,6-7H2,1-2H3,(H2,12,13,14). The van der Waals surface area contributed by atoms with Gasteiger partial charge in [-0.25, -0.2) is 4.79 Å². The van der Waals surface area contributed by atoms with Crippen molar-refractivity contribution in [1.29, 1.82) is 0 Å². The van der Waals surface area contributed by atoms with E-state index in [1.54, 1.807) is 7.05 Å². The molecule has 0 fully saturated rings. The van der Waals surface area contributed by atoms with Gasteiger partial charge in [-0.2, -0.15) is 0 Å². The van der Waals surface area contributed by atoms with Gasteiger partial charge < -0.3 is 10.6 Å². The SMILES string of the molecule is CNC(=O)NCCc1cccc(C)c1. The van der Waals surface area contributed by atoms with Crippen LogP contribution in [0.25, 0.3) is 0 Å². The number of urea groups is 1. The van der Waals surface area contributed by atoms with E-state index in [1.165, 1.54) is 11.1 Å². The minimum atomic E-state index is -0.127. The Balaban J connectivity index is 2.35. The van der Waals surface area contributed by atoms with Crippen LogP contribution in [0.5, 0.6) is 0 Å². The van der Waals surface area contributed by atoms with E-state index in [0.29, 0.717) is 6.54 Å². The van der Waals surface area contributed by atoms with Gasteiger partial charge in [-0.3, -0.25) is 0 Å². The summed E-state index contributed by atoms with van der Waals surface area (Å²) in [5.41, 5.74) is 2.50. The molecule has 76 valence electrons. The van der Waals surface area contributed by atoms with Gasteiger partial charge in [0.05, 0.1) is 0 Å². The Morgan fingerprint density at radius 3 is 2.86 bits per heavy atom. The first-order valence-corrected chi connectivity index (χ1v) is 4.73. The molecule has 0 saturated heterocycles. The minimum Gasteiger partial charge on any atom is -0.341 e. The first-order valence-electron chi connectivity index (χ1n) is 4.73. The Hall–Kier alpha value is -1.51. The largest absolute Gasteiger partial charge is 0.341 e. The van der Waals surface area contributed by atoms with Crippen molar-refractivity contribution >= 4 is 6.03 Å². The highest BCUT2D eigenvalue weighted by Crippen LogP contribution is 2.03. The quantitative estimate of drug-likeness (QED) is 0.748. The molecule has 14 heavy (non-hydrogen) atoms. The molecule has 3 nitrogen and oxygen atoms in total. The van der Waals surface area contributed by atoms with Crippen LogP contribution >= 0.6 is 0 Å². The summed E-state index contributed by atoms with van der Waals surface area (Å²) >= 11 is 0. The van der Waals surface area contributed by atoms with Crippen LogP contribution in [0, 0.1) is 6.92 Å². The maximum atomic E-state index is 10.8. The van der Waals surface area contributed by atoms with E-state index >= 15 is 0 Å². The number of hydrogen-bond acceptors (Lipinski definition) is 1. The van der Waals surface area contributed by atoms with E-state index in [9.17, 15) is 4.79 Å². The fourth-order valence-electron chi connectivity index (χ4n) is 1.28. The van der Waals surface area contributed by atoms with Crippen molar-refractivity contribution in [2.45, 2.75) is 13.3 Å². The number of aryl methyl sites for hydroxylation is 1. The second kappa shape index (κ2) is 5.27. The van der Waals surface area contributed by atoms with E-state index in [1.807, 2.05) is 6.07 Å². The highest BCUT2D eigenvalue weighted by Gasteiger charge is 1.96. The molecule has 1 rings (SSSR count). The van der Waals surface area contributed by atoms with E-state index in [2.05, 4.69) is 35.8 Å². The van der Waals surface area contributed by atoms with Crippen molar-refractivity contribution in [3.63, 3.8) is 0 Å². The van der Waals surface area contributed by atoms with Crippen molar-refractivity contribution in [3.05, 3.63) is 35.4 Å². The van der Waals surface area contributed by atoms with E-state index in [0.717, 1.165) is 6.42 Å². The van der Waals surface area contributed by atoms with Crippen LogP contribution in [0.15, 0.2) is 24.3 Å². The maximum Gasteiger partial charge on any atom is 0.314 e. The predicted molar refractivity (Wildman–Crippen MR) is 57.3 cm³/mol. The topological polar surface area (TPSA) is 41.1 Å². The normalized spacial score (nSPS) is 9.57. The lowest BCUT2D eigenvalue weighted by Gasteiger charge is -2.04. The molecule has 3 heteroatoms. The summed E-state index contributed by atoms with van der Waals surface area (Å²) in [4.78, 5) is 10.8. The molecule has 0 aromatic heterocycles. The number of rotatable bonds is 3. The summed E-state index contributed by atoms with van der Waals surface area (Å²) < 4.78 is 0. The first kappa shape index (κ1) is 10.6. The van der Waals surface area contributed by atoms with E-state index in [-0.39, 0.29) is 6.03 Å². The summed E-state index contributed by atoms with van der Waals surface area (Å²) in [6, 6.07) is 8.17. The average molecular weight is 192 g/mol. The maximum absolute atomic E-state index is 10.8. The molecule has 0 saturated carbocycles. The number of hydrogen-bond donors (Lipinski definition) is 2. The van der Waals surface area contributed by atoms with Gasteiger partial charge in [0.1, 0.15) is 0 Å². The fourth-order valence-corrected chi connectivity index (χ4v) is 1.28. The predicted octanol–water partition coefficient (Wildman–Crippen LogP) is 1.47. The highest BCUT2D eigenvalue weighted by atomic mass is 16.2. The fraction of sp³-hybridized carbons (Fsp3) is 0.364. The summed E-state index contributed by atoms with van der Waals surface area (Å²) in [7, 11) is 1.61. The van der Waals surface area contributed by atoms with Crippen LogP contribution in [0.4, 0.5) is 4.79 Å². The molecule has 0 aliphatic carbocycles. The molecule has 0 heterocycles. The molecule has 0 aliphatic rings. The average Bonchev–Trinajstić information content (AvgIpc) is 2.17. The minimum absolute atomic E-state index is 0.127. The van der Waals surface area contributed by atoms with Gasteiger partial charge in [-0.05, 0) is 18.9 Å². The molecule has 0 bridgehead atoms. The lowest BCUT2D eigenvalue weighted by molar-refractivity contribution is 0.243. The second-order valence-corrected chi connectivity index (χ2v) is 3.24. The smallest absolute Gasteiger partial charge is 0.314 e. The number of nitrogens with one attached hydrogen (secondary N) is 2. The molecule has 1 aromatic rings. The van der Waals surface area contributed by atoms with Crippen molar-refractivity contribution in [3.8, 4) is 0 Å². The van der Waals surface area contributed by atoms with E-state index < -0.39 is 0 Å². The Kier molecular flexibility index (Phi) is 3.98. The summed E-state index contributed by atoms with van der Waals surface area (Å²) in [6.45, 7) is 2.73. The lowest BCUT2D eigenvalue weighted by Crippen LogP contribution is -2.33. The van der Waals surface area contributed by atoms with Crippen LogP contribution in [0.2, 0.25) is 0 Å². The molecule has 2 amide bonds. The molecular weight excluding hydrogens is 176 g/mol. The van der Waals surface area contributed by atoms with Gasteiger partial charge in [0.25, 0.3) is 0 Å². The molecule has 2 N–H and O–H groups in total. The zero-order valence-electron chi connectivity index (χ0n) is 8.63. The molecular formula is C11H16N2O. The third-order valence-corrected chi connectivity index (χ3v) is 2.01. The third kappa shape index (κ3) is 3.47. The molecule has 1 aromatic carbocycles. The highest BCUT2D eigenvalue weighted by molar-refractivity contribution is 5.73. The summed E-state index contributed by atoms with van der Waals surface area (Å²) in [5.74, 6) is 0. The zero-order chi connectivity index (χ0) is 10.4. The van der Waals surface area contributed by atoms with Crippen molar-refractivity contribution in [1.82, 2.24) is 10.6 Å². The van der Waals surface area contributed by atoms with Gasteiger partial charge in [-0.15, -0.1) is 0 Å². The molecule has 0 atom stereocenters. The van der Waals surface area contributed by atoms with Gasteiger partial charge in [0.15, 0.2) is 0 Å². The monoisotopic (exact) mass is 192 g/mol. The van der Waals surface area contributed by atoms with E-state index in [4.69, 9.17) is 0 Å². The van der Waals surface area contributed by atoms with Crippen LogP contribution in [0.1, 0.15) is 11.1 Å². The number of benzene rings is 1. The zero-order valence-corrected chi connectivity index (χ0v) is 8.63. The third-order valence-electron chi connectivity index (χ3n) is 2.01. The van der Waals surface area contributed by atoms with Crippen LogP contribution in [0.3, 0.4) is 0 Å². The second-order valence-electron chi connectivity index (χ2n) is 3.24. The van der Waals surface area contributed by atoms with Crippen LogP contribution in [-0.4, -0.2) is 19.6 Å². The van der Waals surface area contributed by atoms with Crippen molar-refractivity contribution < 1.29 is 4.79 Å². The van der Waals surface area contributed by atoms with Crippen molar-refractivity contribution in [2.24, 2.45) is 0 Å². The van der Waals surface area contributed by atoms with Crippen LogP contribution in [-0.2, 0) is 6.42 Å². The van der Waals surface area contributed by atoms with Crippen molar-refractivity contribution in [2.75, 3.05) is 13.6 Å². The lowest BCUT2D eigenvalue weighted by atomic mass is 10.1. The number of carbonyl (C=O) groups is 1. The van der Waals surface area contributed by atoms with Gasteiger partial charge in [0.2, 0.25) is 0 Å². The summed E-state index contributed by atoms with van der Waals surface area (Å²) in [5, 5.41) is 5.26. The molecule has 0 radical (unpaired) electrons. The molecule has 0 unspecified atom stereocenters. The number of carbonyl (C=O) groups excluding carboxylic acids is 1. The Bertz CT molecular complexity index is 310. The Morgan fingerprint density at radius 1 is 1.43 bits per heavy atom. The Morgan fingerprint density at radius 2 is 2.21 bits per heavy atom. The van der Waals surface area contributed by atoms with Gasteiger partial charge in [0, 0.05) is 13.6 Å². The number of amides is 2. The molecule has 0 aliphatic heterocycles. The first-order chi connectivity index (χ1) is 6.72. The van der Waals surface area contributed by atoms with Gasteiger partial charge >= 0.3 is 6.03 Å². The van der Waals surface area contributed by atoms with Crippen LogP contribution < -0.4 is 10.6 Å². The Labute approximate surface area is 84.5 Å². The molecule has 0 spiro atoms. The summed E-state index contributed by atoms with van der Waals surface area (Å²) in [6.07, 6.45) is 0.870.